The zero-order chi connectivity index (χ0) is 10.7. The van der Waals surface area contributed by atoms with Crippen molar-refractivity contribution >= 4 is 12.3 Å². The third-order valence-corrected chi connectivity index (χ3v) is 2.09. The van der Waals surface area contributed by atoms with Crippen LogP contribution in [0.25, 0.3) is 0 Å². The molecule has 0 fully saturated rings. The summed E-state index contributed by atoms with van der Waals surface area (Å²) >= 11 is 0. The van der Waals surface area contributed by atoms with Gasteiger partial charge in [0.05, 0.1) is 24.3 Å². The minimum absolute atomic E-state index is 0.394. The number of hydroxylamine groups is 2. The van der Waals surface area contributed by atoms with E-state index in [0.717, 1.165) is 0 Å². The van der Waals surface area contributed by atoms with Crippen molar-refractivity contribution in [1.29, 1.82) is 0 Å². The number of aryl methyl sites for hydroxylation is 1. The van der Waals surface area contributed by atoms with Crippen LogP contribution in [0.15, 0.2) is 23.3 Å². The smallest absolute Gasteiger partial charge is 0.334 e. The Hall–Kier alpha value is -1.91. The molecule has 1 aliphatic rings. The zero-order valence-electron chi connectivity index (χ0n) is 8.38. The fourth-order valence-corrected chi connectivity index (χ4v) is 1.29. The minimum Gasteiger partial charge on any atom is -0.334 e. The van der Waals surface area contributed by atoms with Crippen LogP contribution in [-0.4, -0.2) is 35.4 Å². The fourth-order valence-electron chi connectivity index (χ4n) is 1.29. The fraction of sp³-hybridized carbons (Fsp3) is 0.300. The van der Waals surface area contributed by atoms with Gasteiger partial charge in [0.1, 0.15) is 6.34 Å². The lowest BCUT2D eigenvalue weighted by Crippen LogP contribution is -2.24. The van der Waals surface area contributed by atoms with Crippen LogP contribution >= 0.6 is 0 Å². The molecule has 5 heteroatoms. The Labute approximate surface area is 87.4 Å². The Morgan fingerprint density at radius 3 is 3.13 bits per heavy atom. The summed E-state index contributed by atoms with van der Waals surface area (Å²) in [6, 6.07) is 3.40. The van der Waals surface area contributed by atoms with Crippen molar-refractivity contribution in [3.05, 3.63) is 29.6 Å². The number of carbonyl (C=O) groups is 1. The van der Waals surface area contributed by atoms with Crippen molar-refractivity contribution in [3.63, 3.8) is 0 Å². The number of aromatic nitrogens is 1. The predicted molar refractivity (Wildman–Crippen MR) is 54.5 cm³/mol. The van der Waals surface area contributed by atoms with Gasteiger partial charge in [-0.1, -0.05) is 0 Å². The third-order valence-electron chi connectivity index (χ3n) is 2.09. The molecule has 0 radical (unpaired) electrons. The van der Waals surface area contributed by atoms with Crippen molar-refractivity contribution in [2.24, 2.45) is 4.99 Å². The van der Waals surface area contributed by atoms with E-state index in [1.54, 1.807) is 25.3 Å². The lowest BCUT2D eigenvalue weighted by molar-refractivity contribution is -0.0455. The molecule has 0 aliphatic carbocycles. The highest BCUT2D eigenvalue weighted by atomic mass is 16.7. The van der Waals surface area contributed by atoms with E-state index in [1.807, 2.05) is 0 Å². The first kappa shape index (κ1) is 9.64. The number of nitrogens with zero attached hydrogens (tertiary/aromatic N) is 3. The molecule has 0 unspecified atom stereocenters. The Morgan fingerprint density at radius 2 is 2.47 bits per heavy atom. The maximum atomic E-state index is 11.7. The van der Waals surface area contributed by atoms with Gasteiger partial charge in [-0.3, -0.25) is 9.98 Å². The SMILES string of the molecule is Cc1ncccc1C(=O)ON1C=NCC1. The predicted octanol–water partition coefficient (Wildman–Crippen LogP) is 0.806. The summed E-state index contributed by atoms with van der Waals surface area (Å²) in [7, 11) is 0. The monoisotopic (exact) mass is 205 g/mol. The first-order chi connectivity index (χ1) is 7.27. The van der Waals surface area contributed by atoms with Crippen LogP contribution in [0.3, 0.4) is 0 Å². The average molecular weight is 205 g/mol. The quantitative estimate of drug-likeness (QED) is 0.716. The number of aliphatic imine (C=N–C) groups is 1. The van der Waals surface area contributed by atoms with Crippen molar-refractivity contribution < 1.29 is 9.63 Å². The van der Waals surface area contributed by atoms with Gasteiger partial charge in [-0.25, -0.2) is 4.79 Å². The molecule has 0 bridgehead atoms. The lowest BCUT2D eigenvalue weighted by Gasteiger charge is -2.13. The molecule has 0 aromatic carbocycles. The van der Waals surface area contributed by atoms with E-state index >= 15 is 0 Å². The van der Waals surface area contributed by atoms with Crippen LogP contribution in [0.5, 0.6) is 0 Å². The molecule has 1 aromatic heterocycles. The second-order valence-corrected chi connectivity index (χ2v) is 3.18. The van der Waals surface area contributed by atoms with Crippen LogP contribution in [0.1, 0.15) is 16.1 Å². The number of rotatable bonds is 2. The molecule has 0 spiro atoms. The molecule has 5 nitrogen and oxygen atoms in total. The Bertz CT molecular complexity index is 403. The van der Waals surface area contributed by atoms with Gasteiger partial charge in [-0.15, -0.1) is 0 Å². The lowest BCUT2D eigenvalue weighted by atomic mass is 10.2. The highest BCUT2D eigenvalue weighted by molar-refractivity contribution is 5.90. The first-order valence-corrected chi connectivity index (χ1v) is 4.68. The van der Waals surface area contributed by atoms with Crippen LogP contribution < -0.4 is 0 Å². The summed E-state index contributed by atoms with van der Waals surface area (Å²) < 4.78 is 0. The molecule has 78 valence electrons. The van der Waals surface area contributed by atoms with E-state index in [2.05, 4.69) is 9.98 Å². The van der Waals surface area contributed by atoms with Crippen LogP contribution in [0.4, 0.5) is 0 Å². The second kappa shape index (κ2) is 4.08. The van der Waals surface area contributed by atoms with Crippen LogP contribution in [0, 0.1) is 6.92 Å². The summed E-state index contributed by atoms with van der Waals surface area (Å²) in [4.78, 5) is 24.7. The largest absolute Gasteiger partial charge is 0.364 e. The van der Waals surface area contributed by atoms with Gasteiger partial charge in [-0.2, -0.15) is 5.06 Å². The van der Waals surface area contributed by atoms with E-state index in [0.29, 0.717) is 24.3 Å². The van der Waals surface area contributed by atoms with Gasteiger partial charge >= 0.3 is 5.97 Å². The van der Waals surface area contributed by atoms with Crippen LogP contribution in [-0.2, 0) is 4.84 Å². The van der Waals surface area contributed by atoms with E-state index in [1.165, 1.54) is 11.4 Å². The maximum Gasteiger partial charge on any atom is 0.364 e. The van der Waals surface area contributed by atoms with E-state index in [9.17, 15) is 4.79 Å². The molecule has 0 N–H and O–H groups in total. The number of hydrogen-bond acceptors (Lipinski definition) is 5. The van der Waals surface area contributed by atoms with Crippen molar-refractivity contribution in [2.75, 3.05) is 13.1 Å². The Morgan fingerprint density at radius 1 is 1.60 bits per heavy atom. The van der Waals surface area contributed by atoms with Crippen molar-refractivity contribution in [1.82, 2.24) is 10.0 Å². The highest BCUT2D eigenvalue weighted by Gasteiger charge is 2.15. The van der Waals surface area contributed by atoms with Gasteiger partial charge in [0, 0.05) is 6.20 Å². The van der Waals surface area contributed by atoms with Crippen molar-refractivity contribution in [3.8, 4) is 0 Å². The van der Waals surface area contributed by atoms with E-state index < -0.39 is 5.97 Å². The molecule has 1 aromatic rings. The standard InChI is InChI=1S/C10H11N3O2/c1-8-9(3-2-4-12-8)10(14)15-13-6-5-11-7-13/h2-4,7H,5-6H2,1H3. The molecule has 2 heterocycles. The van der Waals surface area contributed by atoms with Crippen molar-refractivity contribution in [2.45, 2.75) is 6.92 Å². The number of pyridine rings is 1. The average Bonchev–Trinajstić information content (AvgIpc) is 2.71. The van der Waals surface area contributed by atoms with Gasteiger partial charge in [0.15, 0.2) is 0 Å². The topological polar surface area (TPSA) is 54.8 Å². The minimum atomic E-state index is -0.394. The molecular weight excluding hydrogens is 194 g/mol. The normalized spacial score (nSPS) is 14.3. The van der Waals surface area contributed by atoms with Gasteiger partial charge in [-0.05, 0) is 19.1 Å². The first-order valence-electron chi connectivity index (χ1n) is 4.68. The molecule has 0 amide bonds. The van der Waals surface area contributed by atoms with Gasteiger partial charge in [0.25, 0.3) is 0 Å². The Kier molecular flexibility index (Phi) is 2.62. The number of hydrogen-bond donors (Lipinski definition) is 0. The Balaban J connectivity index is 2.07. The molecule has 0 saturated carbocycles. The molecule has 2 rings (SSSR count). The van der Waals surface area contributed by atoms with E-state index in [-0.39, 0.29) is 0 Å². The molecule has 0 saturated heterocycles. The number of carbonyl (C=O) groups excluding carboxylic acids is 1. The maximum absolute atomic E-state index is 11.7. The summed E-state index contributed by atoms with van der Waals surface area (Å²) in [6.07, 6.45) is 3.16. The highest BCUT2D eigenvalue weighted by Crippen LogP contribution is 2.07. The van der Waals surface area contributed by atoms with Gasteiger partial charge in [0.2, 0.25) is 0 Å². The van der Waals surface area contributed by atoms with E-state index in [4.69, 9.17) is 4.84 Å². The summed E-state index contributed by atoms with van der Waals surface area (Å²) in [6.45, 7) is 3.05. The van der Waals surface area contributed by atoms with Crippen LogP contribution in [0.2, 0.25) is 0 Å². The second-order valence-electron chi connectivity index (χ2n) is 3.18. The zero-order valence-corrected chi connectivity index (χ0v) is 8.38. The molecule has 1 aliphatic heterocycles. The molecular formula is C10H11N3O2. The molecule has 0 atom stereocenters. The summed E-state index contributed by atoms with van der Waals surface area (Å²) in [5.74, 6) is -0.394. The summed E-state index contributed by atoms with van der Waals surface area (Å²) in [5.41, 5.74) is 1.15. The molecule has 15 heavy (non-hydrogen) atoms. The third kappa shape index (κ3) is 2.12. The van der Waals surface area contributed by atoms with Gasteiger partial charge < -0.3 is 4.84 Å². The summed E-state index contributed by atoms with van der Waals surface area (Å²) in [5, 5.41) is 1.43.